The molecule has 0 spiro atoms. The lowest BCUT2D eigenvalue weighted by molar-refractivity contribution is -0.147. The van der Waals surface area contributed by atoms with Crippen molar-refractivity contribution in [1.82, 2.24) is 0 Å². The topological polar surface area (TPSA) is 87.0 Å². The molecule has 5 nitrogen and oxygen atoms in total. The smallest absolute Gasteiger partial charge is 0.306 e. The van der Waals surface area contributed by atoms with Gasteiger partial charge in [-0.1, -0.05) is 48.8 Å². The molecule has 0 bridgehead atoms. The molecule has 0 heterocycles. The minimum absolute atomic E-state index is 0.127. The Kier molecular flexibility index (Phi) is 15.4. The number of rotatable bonds is 10. The van der Waals surface area contributed by atoms with Crippen LogP contribution in [0.2, 0.25) is 0 Å². The number of allylic oxidation sites excluding steroid dienone is 4. The summed E-state index contributed by atoms with van der Waals surface area (Å²) in [7, 11) is 0. The number of carbonyl (C=O) groups is 1. The molecule has 0 aliphatic heterocycles. The highest BCUT2D eigenvalue weighted by Gasteiger charge is 2.06. The van der Waals surface area contributed by atoms with Crippen molar-refractivity contribution < 1.29 is 24.9 Å². The van der Waals surface area contributed by atoms with E-state index in [4.69, 9.17) is 4.74 Å². The van der Waals surface area contributed by atoms with E-state index in [9.17, 15) is 20.1 Å². The Labute approximate surface area is 168 Å². The Morgan fingerprint density at radius 1 is 1.04 bits per heavy atom. The van der Waals surface area contributed by atoms with Gasteiger partial charge in [-0.2, -0.15) is 0 Å². The molecule has 0 fully saturated rings. The normalized spacial score (nSPS) is 14.5. The Balaban J connectivity index is 4.05. The molecule has 0 aromatic heterocycles. The maximum absolute atomic E-state index is 11.4. The number of aliphatic hydroxyl groups is 3. The molecule has 0 radical (unpaired) electrons. The van der Waals surface area contributed by atoms with Crippen molar-refractivity contribution in [2.45, 2.75) is 77.3 Å². The Hall–Kier alpha value is -2.31. The minimum atomic E-state index is -0.791. The van der Waals surface area contributed by atoms with Crippen molar-refractivity contribution in [3.8, 4) is 23.7 Å². The second-order valence-corrected chi connectivity index (χ2v) is 6.41. The first kappa shape index (κ1) is 25.7. The Bertz CT molecular complexity index is 637. The van der Waals surface area contributed by atoms with Crippen LogP contribution in [0.15, 0.2) is 36.5 Å². The quantitative estimate of drug-likeness (QED) is 0.304. The first-order chi connectivity index (χ1) is 13.3. The van der Waals surface area contributed by atoms with Gasteiger partial charge in [0, 0.05) is 12.8 Å². The molecule has 0 aromatic rings. The predicted octanol–water partition coefficient (Wildman–Crippen LogP) is 2.67. The van der Waals surface area contributed by atoms with Crippen LogP contribution in [0.25, 0.3) is 0 Å². The van der Waals surface area contributed by atoms with Gasteiger partial charge in [-0.05, 0) is 51.3 Å². The van der Waals surface area contributed by atoms with Crippen molar-refractivity contribution in [1.29, 1.82) is 0 Å². The van der Waals surface area contributed by atoms with Gasteiger partial charge in [0.25, 0.3) is 0 Å². The fourth-order valence-corrected chi connectivity index (χ4v) is 1.86. The molecule has 0 aliphatic carbocycles. The molecule has 0 aromatic carbocycles. The molecular weight excluding hydrogens is 356 g/mol. The summed E-state index contributed by atoms with van der Waals surface area (Å²) in [5.41, 5.74) is 0. The molecule has 5 heteroatoms. The SMILES string of the molecule is CCC(O)C=CC#CCC(O)C=CC=CC#CC(O)CCCC(=O)OC(C)C. The van der Waals surface area contributed by atoms with Crippen LogP contribution in [0.3, 0.4) is 0 Å². The van der Waals surface area contributed by atoms with Gasteiger partial charge in [-0.15, -0.1) is 0 Å². The van der Waals surface area contributed by atoms with Crippen LogP contribution < -0.4 is 0 Å². The van der Waals surface area contributed by atoms with Crippen molar-refractivity contribution in [3.63, 3.8) is 0 Å². The summed E-state index contributed by atoms with van der Waals surface area (Å²) in [6.07, 6.45) is 9.72. The van der Waals surface area contributed by atoms with E-state index >= 15 is 0 Å². The maximum atomic E-state index is 11.4. The highest BCUT2D eigenvalue weighted by molar-refractivity contribution is 5.69. The third kappa shape index (κ3) is 17.1. The fourth-order valence-electron chi connectivity index (χ4n) is 1.86. The zero-order valence-electron chi connectivity index (χ0n) is 17.0. The molecular formula is C23H32O5. The molecule has 3 N–H and O–H groups in total. The van der Waals surface area contributed by atoms with Crippen LogP contribution in [0.4, 0.5) is 0 Å². The number of carbonyl (C=O) groups excluding carboxylic acids is 1. The molecule has 0 saturated heterocycles. The molecule has 0 rings (SSSR count). The van der Waals surface area contributed by atoms with Gasteiger partial charge in [0.1, 0.15) is 6.10 Å². The molecule has 3 atom stereocenters. The van der Waals surface area contributed by atoms with E-state index in [0.29, 0.717) is 25.7 Å². The summed E-state index contributed by atoms with van der Waals surface area (Å²) in [5.74, 6) is 10.7. The van der Waals surface area contributed by atoms with Gasteiger partial charge >= 0.3 is 5.97 Å². The second-order valence-electron chi connectivity index (χ2n) is 6.41. The average molecular weight is 389 g/mol. The lowest BCUT2D eigenvalue weighted by atomic mass is 10.1. The van der Waals surface area contributed by atoms with E-state index in [1.54, 1.807) is 50.3 Å². The summed E-state index contributed by atoms with van der Waals surface area (Å²) in [6.45, 7) is 5.47. The standard InChI is InChI=1S/C23H32O5/c1-4-20(24)13-10-7-11-16-21(25)14-8-5-6-9-15-22(26)17-12-18-23(27)28-19(2)3/h5-6,8,10,13-14,19-22,24-26H,4,12,16-18H2,1-3H3. The maximum Gasteiger partial charge on any atom is 0.306 e. The van der Waals surface area contributed by atoms with Gasteiger partial charge in [0.2, 0.25) is 0 Å². The monoisotopic (exact) mass is 388 g/mol. The fraction of sp³-hybridized carbons (Fsp3) is 0.522. The lowest BCUT2D eigenvalue weighted by Gasteiger charge is -2.07. The molecule has 0 saturated carbocycles. The van der Waals surface area contributed by atoms with Crippen LogP contribution in [0.1, 0.15) is 52.9 Å². The highest BCUT2D eigenvalue weighted by Crippen LogP contribution is 2.03. The van der Waals surface area contributed by atoms with E-state index in [-0.39, 0.29) is 18.5 Å². The van der Waals surface area contributed by atoms with Gasteiger partial charge in [0.15, 0.2) is 0 Å². The third-order valence-corrected chi connectivity index (χ3v) is 3.33. The predicted molar refractivity (Wildman–Crippen MR) is 111 cm³/mol. The van der Waals surface area contributed by atoms with Crippen LogP contribution in [0.5, 0.6) is 0 Å². The van der Waals surface area contributed by atoms with Crippen molar-refractivity contribution in [2.24, 2.45) is 0 Å². The van der Waals surface area contributed by atoms with Crippen molar-refractivity contribution >= 4 is 5.97 Å². The zero-order valence-corrected chi connectivity index (χ0v) is 17.0. The number of ether oxygens (including phenoxy) is 1. The summed E-state index contributed by atoms with van der Waals surface area (Å²) in [4.78, 5) is 11.4. The first-order valence-corrected chi connectivity index (χ1v) is 9.58. The van der Waals surface area contributed by atoms with Crippen LogP contribution >= 0.6 is 0 Å². The van der Waals surface area contributed by atoms with E-state index in [2.05, 4.69) is 23.7 Å². The summed E-state index contributed by atoms with van der Waals surface area (Å²) in [5, 5.41) is 28.8. The first-order valence-electron chi connectivity index (χ1n) is 9.58. The van der Waals surface area contributed by atoms with Crippen LogP contribution in [-0.4, -0.2) is 45.7 Å². The zero-order chi connectivity index (χ0) is 21.2. The molecule has 28 heavy (non-hydrogen) atoms. The van der Waals surface area contributed by atoms with Gasteiger partial charge in [0.05, 0.1) is 18.3 Å². The van der Waals surface area contributed by atoms with Gasteiger partial charge < -0.3 is 20.1 Å². The summed E-state index contributed by atoms with van der Waals surface area (Å²) >= 11 is 0. The second kappa shape index (κ2) is 16.8. The molecule has 3 unspecified atom stereocenters. The van der Waals surface area contributed by atoms with E-state index < -0.39 is 18.3 Å². The molecule has 0 amide bonds. The number of aliphatic hydroxyl groups excluding tert-OH is 3. The average Bonchev–Trinajstić information content (AvgIpc) is 2.63. The number of esters is 1. The van der Waals surface area contributed by atoms with Crippen molar-refractivity contribution in [3.05, 3.63) is 36.5 Å². The van der Waals surface area contributed by atoms with Crippen molar-refractivity contribution in [2.75, 3.05) is 0 Å². The molecule has 0 aliphatic rings. The van der Waals surface area contributed by atoms with Crippen LogP contribution in [-0.2, 0) is 9.53 Å². The Morgan fingerprint density at radius 3 is 2.46 bits per heavy atom. The minimum Gasteiger partial charge on any atom is -0.463 e. The van der Waals surface area contributed by atoms with E-state index in [1.807, 2.05) is 6.92 Å². The third-order valence-electron chi connectivity index (χ3n) is 3.33. The van der Waals surface area contributed by atoms with Gasteiger partial charge in [-0.25, -0.2) is 0 Å². The Morgan fingerprint density at radius 2 is 1.79 bits per heavy atom. The van der Waals surface area contributed by atoms with E-state index in [1.165, 1.54) is 0 Å². The van der Waals surface area contributed by atoms with E-state index in [0.717, 1.165) is 0 Å². The number of hydrogen-bond donors (Lipinski definition) is 3. The molecule has 154 valence electrons. The van der Waals surface area contributed by atoms with Crippen LogP contribution in [0, 0.1) is 23.7 Å². The summed E-state index contributed by atoms with van der Waals surface area (Å²) in [6, 6.07) is 0. The summed E-state index contributed by atoms with van der Waals surface area (Å²) < 4.78 is 5.01. The largest absolute Gasteiger partial charge is 0.463 e. The lowest BCUT2D eigenvalue weighted by Crippen LogP contribution is -2.12. The highest BCUT2D eigenvalue weighted by atomic mass is 16.5. The number of hydrogen-bond acceptors (Lipinski definition) is 5. The van der Waals surface area contributed by atoms with Gasteiger partial charge in [-0.3, -0.25) is 4.79 Å².